The lowest BCUT2D eigenvalue weighted by molar-refractivity contribution is -0.120. The molecule has 1 rings (SSSR count). The SMILES string of the molecule is NS(=O)(=O)CC(=O)C1CCCS(=O)(=O)C1. The Morgan fingerprint density at radius 1 is 1.40 bits per heavy atom. The van der Waals surface area contributed by atoms with Gasteiger partial charge in [-0.15, -0.1) is 0 Å². The van der Waals surface area contributed by atoms with E-state index in [1.165, 1.54) is 0 Å². The van der Waals surface area contributed by atoms with Crippen LogP contribution < -0.4 is 5.14 Å². The summed E-state index contributed by atoms with van der Waals surface area (Å²) in [5.74, 6) is -2.25. The Hall–Kier alpha value is -0.470. The van der Waals surface area contributed by atoms with Crippen LogP contribution in [0.1, 0.15) is 12.8 Å². The molecule has 0 aliphatic carbocycles. The van der Waals surface area contributed by atoms with Crippen molar-refractivity contribution in [2.45, 2.75) is 12.8 Å². The first-order valence-corrected chi connectivity index (χ1v) is 7.97. The van der Waals surface area contributed by atoms with Gasteiger partial charge in [-0.25, -0.2) is 22.0 Å². The van der Waals surface area contributed by atoms with E-state index in [9.17, 15) is 21.6 Å². The van der Waals surface area contributed by atoms with Crippen LogP contribution >= 0.6 is 0 Å². The molecule has 0 saturated carbocycles. The Morgan fingerprint density at radius 3 is 2.47 bits per heavy atom. The summed E-state index contributed by atoms with van der Waals surface area (Å²) >= 11 is 0. The minimum Gasteiger partial charge on any atom is -0.298 e. The molecule has 1 saturated heterocycles. The first-order valence-electron chi connectivity index (χ1n) is 4.43. The van der Waals surface area contributed by atoms with Crippen LogP contribution in [0.4, 0.5) is 0 Å². The standard InChI is InChI=1S/C7H13NO5S2/c8-15(12,13)5-7(9)6-2-1-3-14(10,11)4-6/h6H,1-5H2,(H2,8,12,13). The average Bonchev–Trinajstić information content (AvgIpc) is 1.99. The molecule has 0 spiro atoms. The first-order chi connectivity index (χ1) is 6.70. The molecule has 0 bridgehead atoms. The van der Waals surface area contributed by atoms with Crippen molar-refractivity contribution in [3.05, 3.63) is 0 Å². The van der Waals surface area contributed by atoms with Crippen molar-refractivity contribution >= 4 is 25.6 Å². The quantitative estimate of drug-likeness (QED) is 0.671. The molecule has 6 nitrogen and oxygen atoms in total. The third-order valence-electron chi connectivity index (χ3n) is 2.26. The number of Topliss-reactive ketones (excluding diaryl/α,β-unsaturated/α-hetero) is 1. The zero-order valence-corrected chi connectivity index (χ0v) is 9.68. The Kier molecular flexibility index (Phi) is 3.51. The molecule has 2 N–H and O–H groups in total. The van der Waals surface area contributed by atoms with E-state index >= 15 is 0 Å². The van der Waals surface area contributed by atoms with Gasteiger partial charge in [-0.1, -0.05) is 0 Å². The van der Waals surface area contributed by atoms with E-state index < -0.39 is 37.3 Å². The van der Waals surface area contributed by atoms with Crippen molar-refractivity contribution in [1.82, 2.24) is 0 Å². The van der Waals surface area contributed by atoms with E-state index in [4.69, 9.17) is 5.14 Å². The van der Waals surface area contributed by atoms with Crippen molar-refractivity contribution in [3.63, 3.8) is 0 Å². The van der Waals surface area contributed by atoms with Gasteiger partial charge in [0.25, 0.3) is 0 Å². The van der Waals surface area contributed by atoms with Gasteiger partial charge < -0.3 is 0 Å². The molecule has 15 heavy (non-hydrogen) atoms. The number of sulfonamides is 1. The maximum absolute atomic E-state index is 11.4. The van der Waals surface area contributed by atoms with Gasteiger partial charge in [-0.2, -0.15) is 0 Å². The highest BCUT2D eigenvalue weighted by Gasteiger charge is 2.31. The Balaban J connectivity index is 2.69. The lowest BCUT2D eigenvalue weighted by atomic mass is 10.0. The number of carbonyl (C=O) groups is 1. The minimum atomic E-state index is -3.85. The Morgan fingerprint density at radius 2 is 2.00 bits per heavy atom. The zero-order chi connectivity index (χ0) is 11.7. The number of nitrogens with two attached hydrogens (primary N) is 1. The predicted octanol–water partition coefficient (Wildman–Crippen LogP) is -1.33. The third kappa shape index (κ3) is 4.27. The number of carbonyl (C=O) groups excluding carboxylic acids is 1. The molecule has 1 atom stereocenters. The molecule has 1 aliphatic heterocycles. The summed E-state index contributed by atoms with van der Waals surface area (Å²) in [6.07, 6.45) is 0.830. The summed E-state index contributed by atoms with van der Waals surface area (Å²) in [7, 11) is -7.04. The lowest BCUT2D eigenvalue weighted by Gasteiger charge is -2.20. The highest BCUT2D eigenvalue weighted by molar-refractivity contribution is 7.91. The molecule has 1 unspecified atom stereocenters. The highest BCUT2D eigenvalue weighted by Crippen LogP contribution is 2.19. The van der Waals surface area contributed by atoms with Gasteiger partial charge in [0.05, 0.1) is 11.5 Å². The summed E-state index contributed by atoms with van der Waals surface area (Å²) in [6, 6.07) is 0. The van der Waals surface area contributed by atoms with Crippen LogP contribution in [0.25, 0.3) is 0 Å². The van der Waals surface area contributed by atoms with Crippen molar-refractivity contribution in [2.75, 3.05) is 17.3 Å². The van der Waals surface area contributed by atoms with Crippen LogP contribution in [0, 0.1) is 5.92 Å². The second-order valence-corrected chi connectivity index (χ2v) is 7.57. The van der Waals surface area contributed by atoms with E-state index in [0.29, 0.717) is 12.8 Å². The molecular formula is C7H13NO5S2. The van der Waals surface area contributed by atoms with Crippen LogP contribution in [-0.2, 0) is 24.7 Å². The molecular weight excluding hydrogens is 242 g/mol. The van der Waals surface area contributed by atoms with Crippen LogP contribution in [0.3, 0.4) is 0 Å². The molecule has 0 aromatic carbocycles. The van der Waals surface area contributed by atoms with E-state index in [0.717, 1.165) is 0 Å². The number of rotatable bonds is 3. The van der Waals surface area contributed by atoms with E-state index in [1.54, 1.807) is 0 Å². The summed E-state index contributed by atoms with van der Waals surface area (Å²) < 4.78 is 43.7. The fraction of sp³-hybridized carbons (Fsp3) is 0.857. The van der Waals surface area contributed by atoms with E-state index in [-0.39, 0.29) is 11.5 Å². The van der Waals surface area contributed by atoms with Crippen LogP contribution in [0.5, 0.6) is 0 Å². The molecule has 88 valence electrons. The van der Waals surface area contributed by atoms with Crippen LogP contribution in [0.2, 0.25) is 0 Å². The summed E-state index contributed by atoms with van der Waals surface area (Å²) in [4.78, 5) is 11.4. The van der Waals surface area contributed by atoms with Crippen molar-refractivity contribution in [1.29, 1.82) is 0 Å². The molecule has 1 heterocycles. The molecule has 0 aromatic heterocycles. The Bertz CT molecular complexity index is 450. The Labute approximate surface area is 88.8 Å². The smallest absolute Gasteiger partial charge is 0.216 e. The third-order valence-corrected chi connectivity index (χ3v) is 4.77. The fourth-order valence-corrected chi connectivity index (χ4v) is 3.96. The second kappa shape index (κ2) is 4.18. The molecule has 0 radical (unpaired) electrons. The van der Waals surface area contributed by atoms with E-state index in [2.05, 4.69) is 0 Å². The van der Waals surface area contributed by atoms with Gasteiger partial charge in [-0.3, -0.25) is 4.79 Å². The van der Waals surface area contributed by atoms with E-state index in [1.807, 2.05) is 0 Å². The van der Waals surface area contributed by atoms with Crippen LogP contribution in [0.15, 0.2) is 0 Å². The molecule has 1 aliphatic rings. The van der Waals surface area contributed by atoms with Gasteiger partial charge in [-0.05, 0) is 12.8 Å². The van der Waals surface area contributed by atoms with Crippen molar-refractivity contribution in [2.24, 2.45) is 11.1 Å². The largest absolute Gasteiger partial charge is 0.298 e. The number of sulfone groups is 1. The average molecular weight is 255 g/mol. The maximum Gasteiger partial charge on any atom is 0.216 e. The number of ketones is 1. The van der Waals surface area contributed by atoms with Crippen LogP contribution in [-0.4, -0.2) is 39.9 Å². The molecule has 8 heteroatoms. The topological polar surface area (TPSA) is 111 Å². The minimum absolute atomic E-state index is 0.0756. The number of primary sulfonamides is 1. The fourth-order valence-electron chi connectivity index (χ4n) is 1.59. The van der Waals surface area contributed by atoms with Gasteiger partial charge >= 0.3 is 0 Å². The van der Waals surface area contributed by atoms with Gasteiger partial charge in [0.1, 0.15) is 5.75 Å². The molecule has 0 amide bonds. The van der Waals surface area contributed by atoms with Gasteiger partial charge in [0.15, 0.2) is 15.6 Å². The predicted molar refractivity (Wildman–Crippen MR) is 54.4 cm³/mol. The summed E-state index contributed by atoms with van der Waals surface area (Å²) in [5, 5.41) is 4.71. The lowest BCUT2D eigenvalue weighted by Crippen LogP contribution is -2.35. The summed E-state index contributed by atoms with van der Waals surface area (Å²) in [5.41, 5.74) is 0. The first kappa shape index (κ1) is 12.6. The molecule has 0 aromatic rings. The van der Waals surface area contributed by atoms with Crippen molar-refractivity contribution < 1.29 is 21.6 Å². The molecule has 1 fully saturated rings. The van der Waals surface area contributed by atoms with Gasteiger partial charge in [0.2, 0.25) is 10.0 Å². The summed E-state index contributed by atoms with van der Waals surface area (Å²) in [6.45, 7) is 0. The highest BCUT2D eigenvalue weighted by atomic mass is 32.2. The van der Waals surface area contributed by atoms with Crippen molar-refractivity contribution in [3.8, 4) is 0 Å². The monoisotopic (exact) mass is 255 g/mol. The van der Waals surface area contributed by atoms with Gasteiger partial charge in [0, 0.05) is 5.92 Å². The number of hydrogen-bond donors (Lipinski definition) is 1. The normalized spacial score (nSPS) is 26.1. The maximum atomic E-state index is 11.4. The number of hydrogen-bond acceptors (Lipinski definition) is 5. The second-order valence-electron chi connectivity index (χ2n) is 3.73. The zero-order valence-electron chi connectivity index (χ0n) is 8.05.